The third-order valence-electron chi connectivity index (χ3n) is 2.83. The minimum atomic E-state index is 0.407. The number of aryl methyl sites for hydroxylation is 1. The molecular weight excluding hydrogens is 198 g/mol. The van der Waals surface area contributed by atoms with Gasteiger partial charge in [-0.05, 0) is 18.3 Å². The van der Waals surface area contributed by atoms with Gasteiger partial charge >= 0.3 is 0 Å². The van der Waals surface area contributed by atoms with E-state index in [1.54, 1.807) is 0 Å². The topological polar surface area (TPSA) is 29.9 Å². The number of aromatic nitrogens is 2. The molecule has 4 heteroatoms. The summed E-state index contributed by atoms with van der Waals surface area (Å²) in [6, 6.07) is 0. The van der Waals surface area contributed by atoms with E-state index in [4.69, 9.17) is 11.6 Å². The highest BCUT2D eigenvalue weighted by Gasteiger charge is 2.40. The van der Waals surface area contributed by atoms with Crippen molar-refractivity contribution in [2.75, 3.05) is 12.4 Å². The molecule has 1 aromatic heterocycles. The van der Waals surface area contributed by atoms with Crippen LogP contribution in [0.1, 0.15) is 18.4 Å². The molecule has 0 radical (unpaired) electrons. The highest BCUT2D eigenvalue weighted by Crippen LogP contribution is 2.45. The van der Waals surface area contributed by atoms with Crippen LogP contribution in [0.25, 0.3) is 0 Å². The van der Waals surface area contributed by atoms with Crippen molar-refractivity contribution in [1.29, 1.82) is 0 Å². The second kappa shape index (κ2) is 3.91. The van der Waals surface area contributed by atoms with Gasteiger partial charge in [0.25, 0.3) is 0 Å². The van der Waals surface area contributed by atoms with E-state index in [1.165, 1.54) is 18.4 Å². The summed E-state index contributed by atoms with van der Waals surface area (Å²) < 4.78 is 1.82. The van der Waals surface area contributed by atoms with Crippen LogP contribution in [0.4, 0.5) is 0 Å². The Bertz CT molecular complexity index is 304. The van der Waals surface area contributed by atoms with E-state index in [9.17, 15) is 0 Å². The quantitative estimate of drug-likeness (QED) is 0.752. The number of hydrogen-bond acceptors (Lipinski definition) is 2. The average molecular weight is 214 g/mol. The van der Waals surface area contributed by atoms with Crippen LogP contribution in [-0.4, -0.2) is 22.2 Å². The van der Waals surface area contributed by atoms with Gasteiger partial charge in [-0.15, -0.1) is 11.6 Å². The van der Waals surface area contributed by atoms with Gasteiger partial charge in [0.05, 0.1) is 6.20 Å². The average Bonchev–Trinajstić information content (AvgIpc) is 2.84. The predicted octanol–water partition coefficient (Wildman–Crippen LogP) is 1.53. The number of nitrogens with one attached hydrogen (secondary N) is 1. The first-order valence-corrected chi connectivity index (χ1v) is 5.52. The van der Waals surface area contributed by atoms with Crippen LogP contribution in [0, 0.1) is 5.41 Å². The van der Waals surface area contributed by atoms with Crippen molar-refractivity contribution >= 4 is 11.6 Å². The number of alkyl halides is 1. The molecule has 78 valence electrons. The van der Waals surface area contributed by atoms with Gasteiger partial charge in [0, 0.05) is 37.8 Å². The Hall–Kier alpha value is -0.540. The fourth-order valence-electron chi connectivity index (χ4n) is 1.57. The Labute approximate surface area is 89.4 Å². The Morgan fingerprint density at radius 2 is 2.43 bits per heavy atom. The normalized spacial score (nSPS) is 18.4. The predicted molar refractivity (Wildman–Crippen MR) is 57.3 cm³/mol. The molecule has 0 unspecified atom stereocenters. The molecule has 1 aliphatic carbocycles. The first-order valence-electron chi connectivity index (χ1n) is 4.98. The molecule has 1 aliphatic rings. The Balaban J connectivity index is 1.73. The molecule has 1 aromatic rings. The lowest BCUT2D eigenvalue weighted by Gasteiger charge is -2.11. The van der Waals surface area contributed by atoms with E-state index in [2.05, 4.69) is 10.4 Å². The maximum Gasteiger partial charge on any atom is 0.0534 e. The molecule has 0 atom stereocenters. The summed E-state index contributed by atoms with van der Waals surface area (Å²) in [5, 5.41) is 7.55. The summed E-state index contributed by atoms with van der Waals surface area (Å²) in [6.45, 7) is 1.93. The van der Waals surface area contributed by atoms with Gasteiger partial charge in [-0.2, -0.15) is 5.10 Å². The van der Waals surface area contributed by atoms with E-state index >= 15 is 0 Å². The van der Waals surface area contributed by atoms with Crippen molar-refractivity contribution in [2.45, 2.75) is 19.4 Å². The second-order valence-electron chi connectivity index (χ2n) is 4.26. The van der Waals surface area contributed by atoms with Crippen molar-refractivity contribution in [2.24, 2.45) is 12.5 Å². The third-order valence-corrected chi connectivity index (χ3v) is 3.40. The summed E-state index contributed by atoms with van der Waals surface area (Å²) in [5.41, 5.74) is 1.64. The molecule has 0 amide bonds. The van der Waals surface area contributed by atoms with Crippen LogP contribution < -0.4 is 5.32 Å². The molecule has 1 fully saturated rings. The van der Waals surface area contributed by atoms with Crippen molar-refractivity contribution in [3.8, 4) is 0 Å². The Morgan fingerprint density at radius 3 is 2.93 bits per heavy atom. The van der Waals surface area contributed by atoms with Crippen LogP contribution in [0.3, 0.4) is 0 Å². The van der Waals surface area contributed by atoms with Crippen LogP contribution in [0.2, 0.25) is 0 Å². The van der Waals surface area contributed by atoms with Crippen molar-refractivity contribution < 1.29 is 0 Å². The van der Waals surface area contributed by atoms with Gasteiger partial charge in [0.15, 0.2) is 0 Å². The van der Waals surface area contributed by atoms with Gasteiger partial charge in [0.2, 0.25) is 0 Å². The second-order valence-corrected chi connectivity index (χ2v) is 4.53. The SMILES string of the molecule is Cn1cc(CNCC2(CCl)CC2)cn1. The minimum Gasteiger partial charge on any atom is -0.312 e. The van der Waals surface area contributed by atoms with Gasteiger partial charge in [-0.3, -0.25) is 4.68 Å². The molecule has 0 aromatic carbocycles. The maximum atomic E-state index is 5.89. The molecule has 0 aliphatic heterocycles. The van der Waals surface area contributed by atoms with E-state index in [0.29, 0.717) is 5.41 Å². The van der Waals surface area contributed by atoms with Gasteiger partial charge in [-0.25, -0.2) is 0 Å². The Morgan fingerprint density at radius 1 is 1.64 bits per heavy atom. The molecular formula is C10H16ClN3. The molecule has 3 nitrogen and oxygen atoms in total. The van der Waals surface area contributed by atoms with E-state index < -0.39 is 0 Å². The molecule has 14 heavy (non-hydrogen) atoms. The summed E-state index contributed by atoms with van der Waals surface area (Å²) >= 11 is 5.89. The lowest BCUT2D eigenvalue weighted by molar-refractivity contribution is 0.505. The van der Waals surface area contributed by atoms with E-state index in [-0.39, 0.29) is 0 Å². The molecule has 1 saturated carbocycles. The zero-order valence-electron chi connectivity index (χ0n) is 8.46. The fraction of sp³-hybridized carbons (Fsp3) is 0.700. The van der Waals surface area contributed by atoms with Crippen molar-refractivity contribution in [1.82, 2.24) is 15.1 Å². The number of hydrogen-bond donors (Lipinski definition) is 1. The smallest absolute Gasteiger partial charge is 0.0534 e. The Kier molecular flexibility index (Phi) is 2.79. The van der Waals surface area contributed by atoms with Crippen molar-refractivity contribution in [3.05, 3.63) is 18.0 Å². The summed E-state index contributed by atoms with van der Waals surface area (Å²) in [4.78, 5) is 0. The highest BCUT2D eigenvalue weighted by molar-refractivity contribution is 6.18. The maximum absolute atomic E-state index is 5.89. The summed E-state index contributed by atoms with van der Waals surface area (Å²) in [6.07, 6.45) is 6.48. The molecule has 1 heterocycles. The van der Waals surface area contributed by atoms with Gasteiger partial charge < -0.3 is 5.32 Å². The third kappa shape index (κ3) is 2.28. The largest absolute Gasteiger partial charge is 0.312 e. The van der Waals surface area contributed by atoms with Crippen LogP contribution in [-0.2, 0) is 13.6 Å². The van der Waals surface area contributed by atoms with Crippen LogP contribution >= 0.6 is 11.6 Å². The lowest BCUT2D eigenvalue weighted by atomic mass is 10.1. The first-order chi connectivity index (χ1) is 6.74. The zero-order chi connectivity index (χ0) is 10.0. The standard InChI is InChI=1S/C10H16ClN3/c1-14-6-9(5-13-14)4-12-8-10(7-11)2-3-10/h5-6,12H,2-4,7-8H2,1H3. The van der Waals surface area contributed by atoms with Gasteiger partial charge in [-0.1, -0.05) is 0 Å². The summed E-state index contributed by atoms with van der Waals surface area (Å²) in [7, 11) is 1.94. The minimum absolute atomic E-state index is 0.407. The van der Waals surface area contributed by atoms with Crippen molar-refractivity contribution in [3.63, 3.8) is 0 Å². The fourth-order valence-corrected chi connectivity index (χ4v) is 1.93. The molecule has 2 rings (SSSR count). The molecule has 0 spiro atoms. The number of nitrogens with zero attached hydrogens (tertiary/aromatic N) is 2. The highest BCUT2D eigenvalue weighted by atomic mass is 35.5. The lowest BCUT2D eigenvalue weighted by Crippen LogP contribution is -2.24. The van der Waals surface area contributed by atoms with E-state index in [1.807, 2.05) is 24.1 Å². The van der Waals surface area contributed by atoms with E-state index in [0.717, 1.165) is 19.0 Å². The monoisotopic (exact) mass is 213 g/mol. The zero-order valence-corrected chi connectivity index (χ0v) is 9.22. The first kappa shape index (κ1) is 9.99. The van der Waals surface area contributed by atoms with Crippen LogP contribution in [0.5, 0.6) is 0 Å². The number of rotatable bonds is 5. The molecule has 0 bridgehead atoms. The summed E-state index contributed by atoms with van der Waals surface area (Å²) in [5.74, 6) is 0.785. The number of halogens is 1. The van der Waals surface area contributed by atoms with Gasteiger partial charge in [0.1, 0.15) is 0 Å². The molecule has 1 N–H and O–H groups in total. The molecule has 0 saturated heterocycles. The van der Waals surface area contributed by atoms with Crippen LogP contribution in [0.15, 0.2) is 12.4 Å².